The molecule has 0 spiro atoms. The van der Waals surface area contributed by atoms with Gasteiger partial charge in [-0.05, 0) is 33.6 Å². The number of nitrogens with zero attached hydrogens (tertiary/aromatic N) is 1. The molecule has 0 saturated carbocycles. The first-order chi connectivity index (χ1) is 12.8. The van der Waals surface area contributed by atoms with Crippen molar-refractivity contribution in [3.05, 3.63) is 0 Å². The summed E-state index contributed by atoms with van der Waals surface area (Å²) in [7, 11) is 0. The summed E-state index contributed by atoms with van der Waals surface area (Å²) in [6.07, 6.45) is 1.45. The van der Waals surface area contributed by atoms with Gasteiger partial charge in [0.25, 0.3) is 0 Å². The zero-order valence-electron chi connectivity index (χ0n) is 16.6. The summed E-state index contributed by atoms with van der Waals surface area (Å²) in [5, 5.41) is 8.39. The number of ether oxygens (including phenoxy) is 5. The van der Waals surface area contributed by atoms with Crippen molar-refractivity contribution < 1.29 is 38.4 Å². The lowest BCUT2D eigenvalue weighted by Crippen LogP contribution is -2.43. The van der Waals surface area contributed by atoms with Crippen molar-refractivity contribution in [1.29, 1.82) is 0 Å². The van der Waals surface area contributed by atoms with Gasteiger partial charge in [-0.25, -0.2) is 9.59 Å². The van der Waals surface area contributed by atoms with Gasteiger partial charge in [0.2, 0.25) is 0 Å². The van der Waals surface area contributed by atoms with Gasteiger partial charge in [-0.2, -0.15) is 0 Å². The maximum absolute atomic E-state index is 12.0. The van der Waals surface area contributed by atoms with Crippen molar-refractivity contribution in [2.75, 3.05) is 59.3 Å². The first-order valence-electron chi connectivity index (χ1n) is 9.32. The van der Waals surface area contributed by atoms with Crippen LogP contribution in [0, 0.1) is 0 Å². The number of piperidine rings is 1. The Hall–Kier alpha value is -1.42. The highest BCUT2D eigenvalue weighted by Crippen LogP contribution is 2.17. The first kappa shape index (κ1) is 23.6. The molecule has 9 heteroatoms. The Bertz CT molecular complexity index is 430. The first-order valence-corrected chi connectivity index (χ1v) is 9.32. The van der Waals surface area contributed by atoms with E-state index >= 15 is 0 Å². The van der Waals surface area contributed by atoms with Crippen molar-refractivity contribution in [3.63, 3.8) is 0 Å². The van der Waals surface area contributed by atoms with E-state index in [1.165, 1.54) is 0 Å². The molecule has 0 atom stereocenters. The van der Waals surface area contributed by atoms with Crippen molar-refractivity contribution >= 4 is 12.1 Å². The molecule has 1 heterocycles. The fraction of sp³-hybridized carbons (Fsp3) is 0.889. The highest BCUT2D eigenvalue weighted by atomic mass is 16.6. The molecular formula is C18H33NO8. The minimum absolute atomic E-state index is 0.134. The van der Waals surface area contributed by atoms with Crippen molar-refractivity contribution in [2.45, 2.75) is 45.3 Å². The Morgan fingerprint density at radius 3 is 1.96 bits per heavy atom. The Balaban J connectivity index is 1.93. The minimum Gasteiger partial charge on any atom is -0.480 e. The average Bonchev–Trinajstić information content (AvgIpc) is 2.58. The average molecular weight is 391 g/mol. The number of likely N-dealkylation sites (tertiary alicyclic amines) is 1. The molecule has 0 unspecified atom stereocenters. The normalized spacial score (nSPS) is 15.7. The molecule has 0 aromatic heterocycles. The number of carboxylic acid groups (broad SMARTS) is 1. The van der Waals surface area contributed by atoms with Crippen LogP contribution in [0.3, 0.4) is 0 Å². The number of hydrogen-bond donors (Lipinski definition) is 1. The van der Waals surface area contributed by atoms with Crippen LogP contribution in [0.5, 0.6) is 0 Å². The van der Waals surface area contributed by atoms with E-state index in [4.69, 9.17) is 28.8 Å². The summed E-state index contributed by atoms with van der Waals surface area (Å²) < 4.78 is 26.6. The second-order valence-corrected chi connectivity index (χ2v) is 7.21. The zero-order valence-corrected chi connectivity index (χ0v) is 16.6. The molecule has 1 saturated heterocycles. The van der Waals surface area contributed by atoms with Crippen LogP contribution in [0.1, 0.15) is 33.6 Å². The number of carbonyl (C=O) groups excluding carboxylic acids is 1. The third kappa shape index (κ3) is 12.6. The Labute approximate surface area is 160 Å². The molecule has 0 aromatic rings. The van der Waals surface area contributed by atoms with Gasteiger partial charge in [-0.3, -0.25) is 0 Å². The van der Waals surface area contributed by atoms with Gasteiger partial charge in [0.1, 0.15) is 12.2 Å². The lowest BCUT2D eigenvalue weighted by atomic mass is 10.1. The van der Waals surface area contributed by atoms with Crippen LogP contribution >= 0.6 is 0 Å². The molecule has 1 amide bonds. The van der Waals surface area contributed by atoms with Gasteiger partial charge >= 0.3 is 12.1 Å². The second-order valence-electron chi connectivity index (χ2n) is 7.21. The smallest absolute Gasteiger partial charge is 0.410 e. The summed E-state index contributed by atoms with van der Waals surface area (Å²) in [5.41, 5.74) is -0.475. The predicted molar refractivity (Wildman–Crippen MR) is 96.9 cm³/mol. The van der Waals surface area contributed by atoms with Crippen LogP contribution < -0.4 is 0 Å². The quantitative estimate of drug-likeness (QED) is 0.500. The fourth-order valence-electron chi connectivity index (χ4n) is 2.40. The summed E-state index contributed by atoms with van der Waals surface area (Å²) >= 11 is 0. The lowest BCUT2D eigenvalue weighted by Gasteiger charge is -2.33. The lowest BCUT2D eigenvalue weighted by molar-refractivity contribution is -0.142. The summed E-state index contributed by atoms with van der Waals surface area (Å²) in [6, 6.07) is 0. The molecule has 0 radical (unpaired) electrons. The summed E-state index contributed by atoms with van der Waals surface area (Å²) in [6.45, 7) is 8.97. The molecule has 9 nitrogen and oxygen atoms in total. The maximum Gasteiger partial charge on any atom is 0.410 e. The van der Waals surface area contributed by atoms with E-state index in [9.17, 15) is 9.59 Å². The highest BCUT2D eigenvalue weighted by Gasteiger charge is 2.26. The molecule has 0 aromatic carbocycles. The molecular weight excluding hydrogens is 358 g/mol. The van der Waals surface area contributed by atoms with Crippen molar-refractivity contribution in [3.8, 4) is 0 Å². The van der Waals surface area contributed by atoms with Crippen molar-refractivity contribution in [1.82, 2.24) is 4.90 Å². The minimum atomic E-state index is -0.992. The third-order valence-electron chi connectivity index (χ3n) is 3.64. The summed E-state index contributed by atoms with van der Waals surface area (Å²) in [5.74, 6) is -0.992. The third-order valence-corrected chi connectivity index (χ3v) is 3.64. The number of carboxylic acids is 1. The number of rotatable bonds is 12. The van der Waals surface area contributed by atoms with E-state index in [0.29, 0.717) is 46.1 Å². The van der Waals surface area contributed by atoms with Crippen LogP contribution in [-0.2, 0) is 28.5 Å². The molecule has 158 valence electrons. The standard InChI is InChI=1S/C18H33NO8/c1-18(2,3)27-17(22)19-6-4-15(5-7-19)26-13-12-24-9-8-23-10-11-25-14-16(20)21/h15H,4-14H2,1-3H3,(H,20,21). The van der Waals surface area contributed by atoms with E-state index in [-0.39, 0.29) is 25.4 Å². The number of hydrogen-bond acceptors (Lipinski definition) is 7. The molecule has 0 aliphatic carbocycles. The Morgan fingerprint density at radius 2 is 1.44 bits per heavy atom. The molecule has 1 aliphatic rings. The monoisotopic (exact) mass is 391 g/mol. The number of carbonyl (C=O) groups is 2. The van der Waals surface area contributed by atoms with E-state index in [0.717, 1.165) is 12.8 Å². The molecule has 1 aliphatic heterocycles. The van der Waals surface area contributed by atoms with Gasteiger partial charge in [-0.15, -0.1) is 0 Å². The summed E-state index contributed by atoms with van der Waals surface area (Å²) in [4.78, 5) is 23.9. The van der Waals surface area contributed by atoms with Crippen LogP contribution in [0.25, 0.3) is 0 Å². The van der Waals surface area contributed by atoms with Crippen LogP contribution in [0.2, 0.25) is 0 Å². The van der Waals surface area contributed by atoms with Crippen LogP contribution in [0.15, 0.2) is 0 Å². The number of amides is 1. The number of aliphatic carboxylic acids is 1. The Kier molecular flexibility index (Phi) is 11.3. The zero-order chi connectivity index (χ0) is 20.1. The largest absolute Gasteiger partial charge is 0.480 e. The molecule has 1 rings (SSSR count). The fourth-order valence-corrected chi connectivity index (χ4v) is 2.40. The molecule has 1 N–H and O–H groups in total. The van der Waals surface area contributed by atoms with Gasteiger partial charge in [0.15, 0.2) is 0 Å². The van der Waals surface area contributed by atoms with Gasteiger partial charge < -0.3 is 33.7 Å². The van der Waals surface area contributed by atoms with E-state index < -0.39 is 11.6 Å². The van der Waals surface area contributed by atoms with E-state index in [2.05, 4.69) is 0 Å². The second kappa shape index (κ2) is 12.9. The van der Waals surface area contributed by atoms with Crippen LogP contribution in [-0.4, -0.2) is 93.1 Å². The van der Waals surface area contributed by atoms with Gasteiger partial charge in [0, 0.05) is 13.1 Å². The van der Waals surface area contributed by atoms with Crippen molar-refractivity contribution in [2.24, 2.45) is 0 Å². The predicted octanol–water partition coefficient (Wildman–Crippen LogP) is 1.54. The highest BCUT2D eigenvalue weighted by molar-refractivity contribution is 5.68. The Morgan fingerprint density at radius 1 is 0.926 bits per heavy atom. The van der Waals surface area contributed by atoms with Gasteiger partial charge in [0.05, 0.1) is 45.7 Å². The topological polar surface area (TPSA) is 104 Å². The SMILES string of the molecule is CC(C)(C)OC(=O)N1CCC(OCCOCCOCCOCC(=O)O)CC1. The van der Waals surface area contributed by atoms with E-state index in [1.54, 1.807) is 4.90 Å². The maximum atomic E-state index is 12.0. The van der Waals surface area contributed by atoms with Crippen LogP contribution in [0.4, 0.5) is 4.79 Å². The molecule has 1 fully saturated rings. The molecule has 27 heavy (non-hydrogen) atoms. The van der Waals surface area contributed by atoms with E-state index in [1.807, 2.05) is 20.8 Å². The van der Waals surface area contributed by atoms with Gasteiger partial charge in [-0.1, -0.05) is 0 Å². The molecule has 0 bridgehead atoms.